The number of nitrogens with zero attached hydrogens (tertiary/aromatic N) is 1. The maximum absolute atomic E-state index is 13.5. The monoisotopic (exact) mass is 396 g/mol. The highest BCUT2D eigenvalue weighted by atomic mass is 16.5. The molecular weight excluding hydrogens is 360 g/mol. The molecule has 1 saturated heterocycles. The summed E-state index contributed by atoms with van der Waals surface area (Å²) in [5, 5.41) is 3.43. The van der Waals surface area contributed by atoms with Crippen LogP contribution in [0.4, 0.5) is 0 Å². The number of benzene rings is 1. The molecule has 1 heterocycles. The van der Waals surface area contributed by atoms with Crippen LogP contribution in [-0.2, 0) is 14.9 Å². The molecular formula is C25H36N2O2. The fraction of sp³-hybridized carbons (Fsp3) is 0.720. The number of carbonyl (C=O) groups is 1. The summed E-state index contributed by atoms with van der Waals surface area (Å²) in [5.74, 6) is 2.42. The number of rotatable bonds is 7. The predicted molar refractivity (Wildman–Crippen MR) is 115 cm³/mol. The first-order valence-electron chi connectivity index (χ1n) is 11.7. The minimum Gasteiger partial charge on any atom is -0.383 e. The zero-order valence-corrected chi connectivity index (χ0v) is 17.9. The van der Waals surface area contributed by atoms with Crippen LogP contribution in [0.15, 0.2) is 30.3 Å². The van der Waals surface area contributed by atoms with Gasteiger partial charge in [-0.05, 0) is 80.2 Å². The van der Waals surface area contributed by atoms with Crippen molar-refractivity contribution < 1.29 is 9.53 Å². The first-order chi connectivity index (χ1) is 14.1. The Morgan fingerprint density at radius 2 is 1.93 bits per heavy atom. The van der Waals surface area contributed by atoms with E-state index in [4.69, 9.17) is 4.74 Å². The average molecular weight is 397 g/mol. The van der Waals surface area contributed by atoms with Gasteiger partial charge in [-0.3, -0.25) is 4.79 Å². The molecule has 1 aromatic carbocycles. The van der Waals surface area contributed by atoms with E-state index < -0.39 is 0 Å². The third-order valence-corrected chi connectivity index (χ3v) is 8.46. The van der Waals surface area contributed by atoms with Crippen LogP contribution in [-0.4, -0.2) is 50.7 Å². The van der Waals surface area contributed by atoms with E-state index in [0.29, 0.717) is 11.8 Å². The second-order valence-electron chi connectivity index (χ2n) is 10.5. The van der Waals surface area contributed by atoms with Gasteiger partial charge in [-0.15, -0.1) is 0 Å². The summed E-state index contributed by atoms with van der Waals surface area (Å²) in [4.78, 5) is 16.0. The number of methoxy groups -OCH3 is 1. The Morgan fingerprint density at radius 3 is 2.66 bits per heavy atom. The van der Waals surface area contributed by atoms with Crippen molar-refractivity contribution in [2.75, 3.05) is 39.9 Å². The highest BCUT2D eigenvalue weighted by Gasteiger charge is 2.60. The lowest BCUT2D eigenvalue weighted by molar-refractivity contribution is -0.149. The predicted octanol–water partition coefficient (Wildman–Crippen LogP) is 3.61. The summed E-state index contributed by atoms with van der Waals surface area (Å²) >= 11 is 0. The van der Waals surface area contributed by atoms with Crippen molar-refractivity contribution in [3.63, 3.8) is 0 Å². The smallest absolute Gasteiger partial charge is 0.226 e. The summed E-state index contributed by atoms with van der Waals surface area (Å²) in [7, 11) is 1.77. The Balaban J connectivity index is 1.25. The molecule has 4 nitrogen and oxygen atoms in total. The highest BCUT2D eigenvalue weighted by molar-refractivity contribution is 5.83. The van der Waals surface area contributed by atoms with Gasteiger partial charge in [-0.25, -0.2) is 0 Å². The highest BCUT2D eigenvalue weighted by Crippen LogP contribution is 2.65. The number of likely N-dealkylation sites (tertiary alicyclic amines) is 1. The van der Waals surface area contributed by atoms with Crippen molar-refractivity contribution in [1.29, 1.82) is 0 Å². The maximum Gasteiger partial charge on any atom is 0.226 e. The third-order valence-electron chi connectivity index (χ3n) is 8.46. The van der Waals surface area contributed by atoms with Crippen molar-refractivity contribution in [2.24, 2.45) is 23.2 Å². The van der Waals surface area contributed by atoms with Crippen molar-refractivity contribution in [3.05, 3.63) is 35.9 Å². The summed E-state index contributed by atoms with van der Waals surface area (Å²) in [6.45, 7) is 4.88. The fourth-order valence-corrected chi connectivity index (χ4v) is 7.59. The van der Waals surface area contributed by atoms with Gasteiger partial charge in [0.05, 0.1) is 12.0 Å². The van der Waals surface area contributed by atoms with Gasteiger partial charge in [0.15, 0.2) is 0 Å². The Kier molecular flexibility index (Phi) is 5.19. The molecule has 4 aliphatic carbocycles. The van der Waals surface area contributed by atoms with Crippen molar-refractivity contribution in [3.8, 4) is 0 Å². The van der Waals surface area contributed by atoms with Crippen LogP contribution in [0.5, 0.6) is 0 Å². The van der Waals surface area contributed by atoms with Crippen LogP contribution in [0.25, 0.3) is 0 Å². The molecule has 1 amide bonds. The molecule has 0 spiro atoms. The zero-order chi connectivity index (χ0) is 19.9. The molecule has 4 bridgehead atoms. The first kappa shape index (κ1) is 19.6. The molecule has 1 N–H and O–H groups in total. The van der Waals surface area contributed by atoms with Crippen LogP contribution in [0.1, 0.15) is 50.5 Å². The second kappa shape index (κ2) is 7.70. The first-order valence-corrected chi connectivity index (χ1v) is 11.7. The molecule has 1 aromatic rings. The van der Waals surface area contributed by atoms with Crippen LogP contribution in [0.3, 0.4) is 0 Å². The Morgan fingerprint density at radius 1 is 1.17 bits per heavy atom. The minimum absolute atomic E-state index is 0.117. The molecule has 158 valence electrons. The van der Waals surface area contributed by atoms with Gasteiger partial charge in [0.1, 0.15) is 0 Å². The van der Waals surface area contributed by atoms with Gasteiger partial charge in [0, 0.05) is 26.7 Å². The number of hydrogen-bond acceptors (Lipinski definition) is 3. The molecule has 1 aliphatic heterocycles. The Labute approximate surface area is 175 Å². The molecule has 0 aromatic heterocycles. The van der Waals surface area contributed by atoms with E-state index in [0.717, 1.165) is 63.9 Å². The van der Waals surface area contributed by atoms with Crippen LogP contribution >= 0.6 is 0 Å². The normalized spacial score (nSPS) is 38.4. The van der Waals surface area contributed by atoms with Gasteiger partial charge >= 0.3 is 0 Å². The number of ether oxygens (including phenoxy) is 1. The van der Waals surface area contributed by atoms with E-state index in [2.05, 4.69) is 40.5 Å². The minimum atomic E-state index is -0.117. The van der Waals surface area contributed by atoms with E-state index in [1.54, 1.807) is 7.11 Å². The van der Waals surface area contributed by atoms with Gasteiger partial charge in [0.25, 0.3) is 0 Å². The zero-order valence-electron chi connectivity index (χ0n) is 17.9. The largest absolute Gasteiger partial charge is 0.383 e. The summed E-state index contributed by atoms with van der Waals surface area (Å²) in [6.07, 6.45) is 8.42. The number of amides is 1. The summed E-state index contributed by atoms with van der Waals surface area (Å²) in [5.41, 5.74) is 1.61. The molecule has 0 radical (unpaired) electrons. The van der Waals surface area contributed by atoms with E-state index in [-0.39, 0.29) is 10.8 Å². The van der Waals surface area contributed by atoms with Crippen LogP contribution in [0, 0.1) is 23.2 Å². The van der Waals surface area contributed by atoms with Gasteiger partial charge < -0.3 is 15.0 Å². The van der Waals surface area contributed by atoms with Crippen LogP contribution in [0.2, 0.25) is 0 Å². The Bertz CT molecular complexity index is 720. The van der Waals surface area contributed by atoms with E-state index in [9.17, 15) is 4.79 Å². The quantitative estimate of drug-likeness (QED) is 0.766. The molecule has 5 fully saturated rings. The maximum atomic E-state index is 13.5. The third kappa shape index (κ3) is 3.63. The standard InChI is InChI=1S/C25H36N2O2/c1-29-10-9-27-8-7-19(17-27)16-26-23(28)25-14-20-11-21(15-25)13-24(12-20,18-25)22-5-3-2-4-6-22/h2-6,19-21H,7-18H2,1H3,(H,26,28)/t19-,20-,21+,24?,25?/m0/s1. The average Bonchev–Trinajstić information content (AvgIpc) is 3.18. The number of hydrogen-bond donors (Lipinski definition) is 1. The number of nitrogens with one attached hydrogen (secondary N) is 1. The van der Waals surface area contributed by atoms with Crippen molar-refractivity contribution >= 4 is 5.91 Å². The van der Waals surface area contributed by atoms with E-state index >= 15 is 0 Å². The molecule has 4 saturated carbocycles. The summed E-state index contributed by atoms with van der Waals surface area (Å²) < 4.78 is 5.21. The molecule has 5 atom stereocenters. The molecule has 29 heavy (non-hydrogen) atoms. The van der Waals surface area contributed by atoms with Crippen molar-refractivity contribution in [2.45, 2.75) is 50.4 Å². The number of carbonyl (C=O) groups excluding carboxylic acids is 1. The van der Waals surface area contributed by atoms with Crippen molar-refractivity contribution in [1.82, 2.24) is 10.2 Å². The second-order valence-corrected chi connectivity index (χ2v) is 10.5. The fourth-order valence-electron chi connectivity index (χ4n) is 7.59. The Hall–Kier alpha value is -1.39. The van der Waals surface area contributed by atoms with Gasteiger partial charge in [-0.1, -0.05) is 30.3 Å². The molecule has 6 rings (SSSR count). The summed E-state index contributed by atoms with van der Waals surface area (Å²) in [6, 6.07) is 11.1. The lowest BCUT2D eigenvalue weighted by atomic mass is 9.42. The van der Waals surface area contributed by atoms with Gasteiger partial charge in [-0.2, -0.15) is 0 Å². The lowest BCUT2D eigenvalue weighted by Crippen LogP contribution is -2.59. The van der Waals surface area contributed by atoms with Gasteiger partial charge in [0.2, 0.25) is 5.91 Å². The van der Waals surface area contributed by atoms with E-state index in [1.807, 2.05) is 0 Å². The molecule has 5 aliphatic rings. The van der Waals surface area contributed by atoms with Crippen LogP contribution < -0.4 is 5.32 Å². The topological polar surface area (TPSA) is 41.6 Å². The molecule has 2 unspecified atom stereocenters. The van der Waals surface area contributed by atoms with E-state index in [1.165, 1.54) is 31.2 Å². The SMILES string of the molecule is COCCN1CC[C@@H](CNC(=O)C23C[C@H]4C[C@@H](C2)CC(c2ccccc2)(C4)C3)C1. The molecule has 4 heteroatoms. The lowest BCUT2D eigenvalue weighted by Gasteiger charge is -2.61.